The molecule has 0 saturated heterocycles. The van der Waals surface area contributed by atoms with Gasteiger partial charge >= 0.3 is 0 Å². The molecular formula is C12H15N5S. The molecule has 0 saturated carbocycles. The second-order valence-corrected chi connectivity index (χ2v) is 5.08. The van der Waals surface area contributed by atoms with Crippen LogP contribution < -0.4 is 5.32 Å². The second-order valence-electron chi connectivity index (χ2n) is 4.21. The lowest BCUT2D eigenvalue weighted by molar-refractivity contribution is 0.648. The third-order valence-corrected chi connectivity index (χ3v) is 3.67. The maximum absolute atomic E-state index is 4.52. The van der Waals surface area contributed by atoms with E-state index < -0.39 is 0 Å². The Labute approximate surface area is 109 Å². The molecule has 0 radical (unpaired) electrons. The van der Waals surface area contributed by atoms with Gasteiger partial charge in [0.25, 0.3) is 0 Å². The zero-order valence-electron chi connectivity index (χ0n) is 10.2. The molecule has 5 nitrogen and oxygen atoms in total. The molecule has 0 aromatic carbocycles. The lowest BCUT2D eigenvalue weighted by Crippen LogP contribution is -2.18. The SMILES string of the molecule is Cn1ccnc1CCNCc1cn2ccsc2n1. The number of aryl methyl sites for hydroxylation is 1. The second kappa shape index (κ2) is 4.91. The van der Waals surface area contributed by atoms with Crippen LogP contribution in [-0.2, 0) is 20.0 Å². The predicted octanol–water partition coefficient (Wildman–Crippen LogP) is 1.46. The molecule has 0 amide bonds. The number of nitrogens with zero attached hydrogens (tertiary/aromatic N) is 4. The van der Waals surface area contributed by atoms with Crippen molar-refractivity contribution in [2.45, 2.75) is 13.0 Å². The highest BCUT2D eigenvalue weighted by atomic mass is 32.1. The number of imidazole rings is 2. The lowest BCUT2D eigenvalue weighted by Gasteiger charge is -2.03. The summed E-state index contributed by atoms with van der Waals surface area (Å²) in [5, 5.41) is 5.44. The zero-order chi connectivity index (χ0) is 12.4. The van der Waals surface area contributed by atoms with E-state index in [2.05, 4.69) is 25.9 Å². The first-order valence-electron chi connectivity index (χ1n) is 5.91. The molecule has 3 aromatic heterocycles. The van der Waals surface area contributed by atoms with Crippen molar-refractivity contribution in [3.05, 3.63) is 41.7 Å². The first kappa shape index (κ1) is 11.4. The molecule has 1 N–H and O–H groups in total. The van der Waals surface area contributed by atoms with Gasteiger partial charge in [-0.3, -0.25) is 4.40 Å². The van der Waals surface area contributed by atoms with Crippen LogP contribution in [0.15, 0.2) is 30.2 Å². The van der Waals surface area contributed by atoms with Crippen LogP contribution in [0.5, 0.6) is 0 Å². The van der Waals surface area contributed by atoms with Gasteiger partial charge in [0, 0.05) is 56.7 Å². The first-order valence-corrected chi connectivity index (χ1v) is 6.79. The van der Waals surface area contributed by atoms with E-state index in [1.807, 2.05) is 35.6 Å². The summed E-state index contributed by atoms with van der Waals surface area (Å²) in [5.74, 6) is 1.10. The van der Waals surface area contributed by atoms with Crippen molar-refractivity contribution >= 4 is 16.3 Å². The van der Waals surface area contributed by atoms with Crippen molar-refractivity contribution in [3.63, 3.8) is 0 Å². The summed E-state index contributed by atoms with van der Waals surface area (Å²) in [7, 11) is 2.02. The van der Waals surface area contributed by atoms with Gasteiger partial charge in [-0.15, -0.1) is 11.3 Å². The number of hydrogen-bond donors (Lipinski definition) is 1. The molecule has 0 unspecified atom stereocenters. The summed E-state index contributed by atoms with van der Waals surface area (Å²) in [4.78, 5) is 9.87. The van der Waals surface area contributed by atoms with Crippen LogP contribution in [0.3, 0.4) is 0 Å². The number of hydrogen-bond acceptors (Lipinski definition) is 4. The van der Waals surface area contributed by atoms with Gasteiger partial charge in [-0.1, -0.05) is 0 Å². The van der Waals surface area contributed by atoms with Gasteiger partial charge in [0.15, 0.2) is 4.96 Å². The normalized spacial score (nSPS) is 11.4. The molecule has 0 aliphatic rings. The monoisotopic (exact) mass is 261 g/mol. The molecule has 0 bridgehead atoms. The molecule has 0 spiro atoms. The van der Waals surface area contributed by atoms with Gasteiger partial charge in [-0.2, -0.15) is 0 Å². The van der Waals surface area contributed by atoms with Crippen molar-refractivity contribution < 1.29 is 0 Å². The van der Waals surface area contributed by atoms with E-state index in [4.69, 9.17) is 0 Å². The average Bonchev–Trinajstić information content (AvgIpc) is 3.00. The van der Waals surface area contributed by atoms with Crippen LogP contribution in [0.4, 0.5) is 0 Å². The number of thiazole rings is 1. The van der Waals surface area contributed by atoms with Gasteiger partial charge in [0.2, 0.25) is 0 Å². The highest BCUT2D eigenvalue weighted by molar-refractivity contribution is 7.15. The number of rotatable bonds is 5. The highest BCUT2D eigenvalue weighted by Gasteiger charge is 2.02. The summed E-state index contributed by atoms with van der Waals surface area (Å²) in [6.07, 6.45) is 8.84. The van der Waals surface area contributed by atoms with E-state index in [1.54, 1.807) is 11.3 Å². The molecule has 94 valence electrons. The van der Waals surface area contributed by atoms with Crippen LogP contribution in [0.2, 0.25) is 0 Å². The number of aromatic nitrogens is 4. The fourth-order valence-corrected chi connectivity index (χ4v) is 2.63. The van der Waals surface area contributed by atoms with Gasteiger partial charge in [0.05, 0.1) is 5.69 Å². The van der Waals surface area contributed by atoms with Crippen LogP contribution in [0.1, 0.15) is 11.5 Å². The van der Waals surface area contributed by atoms with Gasteiger partial charge in [-0.25, -0.2) is 9.97 Å². The quantitative estimate of drug-likeness (QED) is 0.707. The summed E-state index contributed by atoms with van der Waals surface area (Å²) < 4.78 is 4.11. The fourth-order valence-electron chi connectivity index (χ4n) is 1.92. The van der Waals surface area contributed by atoms with E-state index in [0.717, 1.165) is 36.0 Å². The Morgan fingerprint density at radius 1 is 1.39 bits per heavy atom. The maximum atomic E-state index is 4.52. The Balaban J connectivity index is 1.50. The third-order valence-electron chi connectivity index (χ3n) is 2.90. The minimum absolute atomic E-state index is 0.804. The van der Waals surface area contributed by atoms with Crippen molar-refractivity contribution in [1.82, 2.24) is 24.3 Å². The van der Waals surface area contributed by atoms with E-state index in [-0.39, 0.29) is 0 Å². The molecule has 6 heteroatoms. The Bertz CT molecular complexity index is 607. The summed E-state index contributed by atoms with van der Waals surface area (Å²) in [6, 6.07) is 0. The molecule has 3 aromatic rings. The minimum Gasteiger partial charge on any atom is -0.338 e. The Kier molecular flexibility index (Phi) is 3.12. The van der Waals surface area contributed by atoms with Gasteiger partial charge in [0.1, 0.15) is 5.82 Å². The van der Waals surface area contributed by atoms with E-state index in [9.17, 15) is 0 Å². The van der Waals surface area contributed by atoms with Crippen molar-refractivity contribution in [2.24, 2.45) is 7.05 Å². The average molecular weight is 261 g/mol. The Morgan fingerprint density at radius 3 is 3.11 bits per heavy atom. The van der Waals surface area contributed by atoms with Crippen LogP contribution >= 0.6 is 11.3 Å². The molecule has 0 aliphatic heterocycles. The molecule has 3 rings (SSSR count). The summed E-state index contributed by atoms with van der Waals surface area (Å²) >= 11 is 1.66. The third kappa shape index (κ3) is 2.30. The molecule has 0 atom stereocenters. The van der Waals surface area contributed by atoms with Crippen molar-refractivity contribution in [3.8, 4) is 0 Å². The molecule has 0 aliphatic carbocycles. The topological polar surface area (TPSA) is 47.2 Å². The van der Waals surface area contributed by atoms with Gasteiger partial charge < -0.3 is 9.88 Å². The first-order chi connectivity index (χ1) is 8.83. The summed E-state index contributed by atoms with van der Waals surface area (Å²) in [6.45, 7) is 1.72. The number of fused-ring (bicyclic) bond motifs is 1. The van der Waals surface area contributed by atoms with E-state index in [1.165, 1.54) is 0 Å². The predicted molar refractivity (Wildman–Crippen MR) is 71.7 cm³/mol. The lowest BCUT2D eigenvalue weighted by atomic mass is 10.4. The van der Waals surface area contributed by atoms with Crippen LogP contribution in [0.25, 0.3) is 4.96 Å². The largest absolute Gasteiger partial charge is 0.338 e. The zero-order valence-corrected chi connectivity index (χ0v) is 11.0. The standard InChI is InChI=1S/C12H15N5S/c1-16-5-4-14-11(16)2-3-13-8-10-9-17-6-7-18-12(17)15-10/h4-7,9,13H,2-3,8H2,1H3. The smallest absolute Gasteiger partial charge is 0.193 e. The van der Waals surface area contributed by atoms with Crippen molar-refractivity contribution in [1.29, 1.82) is 0 Å². The van der Waals surface area contributed by atoms with Gasteiger partial charge in [-0.05, 0) is 0 Å². The fraction of sp³-hybridized carbons (Fsp3) is 0.333. The molecular weight excluding hydrogens is 246 g/mol. The Hall–Kier alpha value is -1.66. The van der Waals surface area contributed by atoms with Crippen LogP contribution in [-0.4, -0.2) is 25.5 Å². The molecule has 0 fully saturated rings. The summed E-state index contributed by atoms with van der Waals surface area (Å²) in [5.41, 5.74) is 1.08. The minimum atomic E-state index is 0.804. The molecule has 18 heavy (non-hydrogen) atoms. The van der Waals surface area contributed by atoms with E-state index >= 15 is 0 Å². The molecule has 3 heterocycles. The van der Waals surface area contributed by atoms with E-state index in [0.29, 0.717) is 0 Å². The van der Waals surface area contributed by atoms with Crippen LogP contribution in [0, 0.1) is 0 Å². The highest BCUT2D eigenvalue weighted by Crippen LogP contribution is 2.10. The Morgan fingerprint density at radius 2 is 2.33 bits per heavy atom. The maximum Gasteiger partial charge on any atom is 0.193 e. The van der Waals surface area contributed by atoms with Crippen molar-refractivity contribution in [2.75, 3.05) is 6.54 Å². The number of nitrogens with one attached hydrogen (secondary N) is 1.